The summed E-state index contributed by atoms with van der Waals surface area (Å²) < 4.78 is 6.93. The van der Waals surface area contributed by atoms with Gasteiger partial charge < -0.3 is 9.64 Å². The van der Waals surface area contributed by atoms with E-state index in [1.807, 2.05) is 0 Å². The fraction of sp³-hybridized carbons (Fsp3) is 0.0549. The molecule has 0 saturated heterocycles. The van der Waals surface area contributed by atoms with Crippen molar-refractivity contribution < 1.29 is 4.74 Å². The molecule has 15 aromatic carbocycles. The number of para-hydroxylation sites is 2. The van der Waals surface area contributed by atoms with Gasteiger partial charge in [-0.3, -0.25) is 0 Å². The van der Waals surface area contributed by atoms with Gasteiger partial charge >= 0.3 is 0 Å². The second kappa shape index (κ2) is 21.3. The number of benzene rings is 15. The predicted molar refractivity (Wildman–Crippen MR) is 386 cm³/mol. The van der Waals surface area contributed by atoms with Crippen LogP contribution in [0.5, 0.6) is 11.5 Å². The van der Waals surface area contributed by atoms with E-state index < -0.39 is 10.8 Å². The molecule has 0 atom stereocenters. The summed E-state index contributed by atoms with van der Waals surface area (Å²) in [6.07, 6.45) is 0. The number of nitrogens with zero attached hydrogens (tertiary/aromatic N) is 1. The molecule has 0 saturated carbocycles. The Morgan fingerprint density at radius 3 is 1.06 bits per heavy atom. The summed E-state index contributed by atoms with van der Waals surface area (Å²) in [7, 11) is 0. The van der Waals surface area contributed by atoms with Crippen LogP contribution in [0.15, 0.2) is 346 Å². The molecule has 0 fully saturated rings. The van der Waals surface area contributed by atoms with Crippen molar-refractivity contribution in [2.45, 2.75) is 30.1 Å². The zero-order valence-electron chi connectivity index (χ0n) is 51.8. The summed E-state index contributed by atoms with van der Waals surface area (Å²) in [6.45, 7) is 4.62. The van der Waals surface area contributed by atoms with Gasteiger partial charge in [0, 0.05) is 39.2 Å². The van der Waals surface area contributed by atoms with Crippen molar-refractivity contribution in [1.82, 2.24) is 0 Å². The Hall–Kier alpha value is -11.6. The van der Waals surface area contributed by atoms with E-state index in [1.54, 1.807) is 0 Å². The fourth-order valence-electron chi connectivity index (χ4n) is 16.3. The maximum atomic E-state index is 6.93. The molecule has 0 amide bonds. The molecule has 2 heteroatoms. The molecular weight excluding hydrogens is 1120 g/mol. The minimum atomic E-state index is -0.692. The second-order valence-corrected chi connectivity index (χ2v) is 25.9. The monoisotopic (exact) mass is 1190 g/mol. The fourth-order valence-corrected chi connectivity index (χ4v) is 16.3. The van der Waals surface area contributed by atoms with Gasteiger partial charge in [0.1, 0.15) is 11.5 Å². The van der Waals surface area contributed by atoms with E-state index in [0.29, 0.717) is 0 Å². The highest BCUT2D eigenvalue weighted by atomic mass is 16.5. The van der Waals surface area contributed by atoms with Crippen LogP contribution in [0.25, 0.3) is 77.2 Å². The van der Waals surface area contributed by atoms with Gasteiger partial charge in [0.15, 0.2) is 0 Å². The summed E-state index contributed by atoms with van der Waals surface area (Å²) in [5.41, 5.74) is 25.6. The van der Waals surface area contributed by atoms with Gasteiger partial charge in [-0.1, -0.05) is 293 Å². The van der Waals surface area contributed by atoms with Crippen molar-refractivity contribution in [2.24, 2.45) is 0 Å². The quantitative estimate of drug-likeness (QED) is 0.135. The third kappa shape index (κ3) is 8.35. The molecule has 0 bridgehead atoms. The van der Waals surface area contributed by atoms with E-state index >= 15 is 0 Å². The SMILES string of the molecule is CC1(C)c2ccccc2Oc2c(-c3ccc(N(c4ccc5c(c4)C(c4ccccc4)(c4ccccc4)c4cc(-c6ccc7ccccc7c6)ccc4-5)c4ccc5c(c4)C(c4ccccc4)(c4ccccc4)c4cc(-c6ccc7ccccc7c6)ccc4-5)cc3)cccc21. The van der Waals surface area contributed by atoms with E-state index in [1.165, 1.54) is 122 Å². The standard InChI is InChI=1S/C91H63NO/c1-89(2)81-35-19-20-37-87(81)93-88-76(34-21-36-82(88)89)62-42-46-73(47-43-62)92(74-48-52-79-77-50-44-67(65-40-38-60-22-15-17-24-63(60)54-65)56-83(77)90(85(79)58-74,69-26-7-3-8-27-69)70-28-9-4-10-29-70)75-49-53-80-78-51-45-68(66-41-39-61-23-16-18-25-64(61)55-66)57-84(78)91(86(80)59-75,71-30-11-5-12-31-71)72-32-13-6-14-33-72/h3-59H,1-2H3. The van der Waals surface area contributed by atoms with Gasteiger partial charge in [-0.15, -0.1) is 0 Å². The van der Waals surface area contributed by atoms with Crippen molar-refractivity contribution in [3.8, 4) is 67.1 Å². The maximum Gasteiger partial charge on any atom is 0.139 e. The first-order valence-electron chi connectivity index (χ1n) is 32.4. The molecule has 3 aliphatic rings. The minimum absolute atomic E-state index is 0.253. The summed E-state index contributed by atoms with van der Waals surface area (Å²) in [5, 5.41) is 4.92. The highest BCUT2D eigenvalue weighted by Crippen LogP contribution is 2.61. The molecule has 2 nitrogen and oxygen atoms in total. The lowest BCUT2D eigenvalue weighted by molar-refractivity contribution is 0.419. The Bertz CT molecular complexity index is 5090. The van der Waals surface area contributed by atoms with Crippen LogP contribution in [0, 0.1) is 0 Å². The second-order valence-electron chi connectivity index (χ2n) is 25.9. The lowest BCUT2D eigenvalue weighted by Crippen LogP contribution is -2.29. The summed E-state index contributed by atoms with van der Waals surface area (Å²) in [4.78, 5) is 2.51. The maximum absolute atomic E-state index is 6.93. The lowest BCUT2D eigenvalue weighted by Gasteiger charge is -2.36. The molecule has 0 spiro atoms. The summed E-state index contributed by atoms with van der Waals surface area (Å²) >= 11 is 0. The van der Waals surface area contributed by atoms with E-state index in [4.69, 9.17) is 4.74 Å². The number of anilines is 3. The number of rotatable bonds is 10. The van der Waals surface area contributed by atoms with Gasteiger partial charge in [0.05, 0.1) is 10.8 Å². The molecule has 2 aliphatic carbocycles. The molecule has 438 valence electrons. The van der Waals surface area contributed by atoms with Crippen LogP contribution in [0.2, 0.25) is 0 Å². The first-order chi connectivity index (χ1) is 45.8. The van der Waals surface area contributed by atoms with Crippen molar-refractivity contribution in [1.29, 1.82) is 0 Å². The normalized spacial score (nSPS) is 14.0. The Morgan fingerprint density at radius 2 is 0.591 bits per heavy atom. The molecule has 1 aliphatic heterocycles. The first-order valence-corrected chi connectivity index (χ1v) is 32.4. The Balaban J connectivity index is 0.867. The molecule has 18 rings (SSSR count). The summed E-state index contributed by atoms with van der Waals surface area (Å²) in [5.74, 6) is 1.81. The molecule has 0 aromatic heterocycles. The van der Waals surface area contributed by atoms with E-state index in [0.717, 1.165) is 39.7 Å². The van der Waals surface area contributed by atoms with Crippen LogP contribution < -0.4 is 9.64 Å². The average Bonchev–Trinajstić information content (AvgIpc) is 1.56. The van der Waals surface area contributed by atoms with Crippen LogP contribution in [0.1, 0.15) is 69.5 Å². The number of hydrogen-bond donors (Lipinski definition) is 0. The Labute approximate surface area is 543 Å². The third-order valence-corrected chi connectivity index (χ3v) is 20.6. The average molecular weight is 1190 g/mol. The Kier molecular flexibility index (Phi) is 12.4. The lowest BCUT2D eigenvalue weighted by atomic mass is 9.67. The van der Waals surface area contributed by atoms with Crippen LogP contribution in [0.3, 0.4) is 0 Å². The number of fused-ring (bicyclic) bond motifs is 10. The third-order valence-electron chi connectivity index (χ3n) is 20.6. The highest BCUT2D eigenvalue weighted by molar-refractivity contribution is 5.96. The van der Waals surface area contributed by atoms with E-state index in [-0.39, 0.29) is 5.41 Å². The molecular formula is C91H63NO. The van der Waals surface area contributed by atoms with Crippen LogP contribution in [0.4, 0.5) is 17.1 Å². The molecule has 93 heavy (non-hydrogen) atoms. The van der Waals surface area contributed by atoms with Crippen LogP contribution in [-0.2, 0) is 16.2 Å². The predicted octanol–water partition coefficient (Wildman–Crippen LogP) is 23.6. The van der Waals surface area contributed by atoms with Gasteiger partial charge in [-0.05, 0) is 183 Å². The molecule has 0 N–H and O–H groups in total. The minimum Gasteiger partial charge on any atom is -0.456 e. The highest BCUT2D eigenvalue weighted by Gasteiger charge is 2.49. The van der Waals surface area contributed by atoms with Crippen molar-refractivity contribution in [3.05, 3.63) is 401 Å². The zero-order valence-corrected chi connectivity index (χ0v) is 51.8. The van der Waals surface area contributed by atoms with Crippen LogP contribution >= 0.6 is 0 Å². The van der Waals surface area contributed by atoms with Crippen molar-refractivity contribution in [2.75, 3.05) is 4.90 Å². The van der Waals surface area contributed by atoms with Crippen molar-refractivity contribution in [3.63, 3.8) is 0 Å². The van der Waals surface area contributed by atoms with Gasteiger partial charge in [0.2, 0.25) is 0 Å². The van der Waals surface area contributed by atoms with E-state index in [2.05, 4.69) is 365 Å². The van der Waals surface area contributed by atoms with Gasteiger partial charge in [0.25, 0.3) is 0 Å². The Morgan fingerprint density at radius 1 is 0.237 bits per heavy atom. The van der Waals surface area contributed by atoms with E-state index in [9.17, 15) is 0 Å². The van der Waals surface area contributed by atoms with Crippen molar-refractivity contribution >= 4 is 38.6 Å². The van der Waals surface area contributed by atoms with Gasteiger partial charge in [-0.25, -0.2) is 0 Å². The smallest absolute Gasteiger partial charge is 0.139 e. The van der Waals surface area contributed by atoms with Gasteiger partial charge in [-0.2, -0.15) is 0 Å². The molecule has 1 heterocycles. The van der Waals surface area contributed by atoms with Crippen LogP contribution in [-0.4, -0.2) is 0 Å². The number of ether oxygens (including phenoxy) is 1. The number of hydrogen-bond acceptors (Lipinski definition) is 2. The first kappa shape index (κ1) is 54.4. The largest absolute Gasteiger partial charge is 0.456 e. The topological polar surface area (TPSA) is 12.5 Å². The molecule has 0 radical (unpaired) electrons. The zero-order chi connectivity index (χ0) is 61.8. The molecule has 15 aromatic rings. The summed E-state index contributed by atoms with van der Waals surface area (Å²) in [6, 6.07) is 129. The molecule has 0 unspecified atom stereocenters.